The lowest BCUT2D eigenvalue weighted by molar-refractivity contribution is 0.251. The first kappa shape index (κ1) is 17.0. The monoisotopic (exact) mass is 339 g/mol. The Balaban J connectivity index is 1.91. The lowest BCUT2D eigenvalue weighted by Gasteiger charge is -2.10. The summed E-state index contributed by atoms with van der Waals surface area (Å²) in [6, 6.07) is 13.7. The lowest BCUT2D eigenvalue weighted by Crippen LogP contribution is -2.30. The highest BCUT2D eigenvalue weighted by Gasteiger charge is 2.15. The van der Waals surface area contributed by atoms with Gasteiger partial charge in [0.25, 0.3) is 0 Å². The summed E-state index contributed by atoms with van der Waals surface area (Å²) >= 11 is 0. The van der Waals surface area contributed by atoms with Crippen LogP contribution in [0.1, 0.15) is 20.3 Å². The van der Waals surface area contributed by atoms with E-state index in [1.807, 2.05) is 24.3 Å². The van der Waals surface area contributed by atoms with Crippen LogP contribution in [0.15, 0.2) is 48.5 Å². The van der Waals surface area contributed by atoms with Gasteiger partial charge in [0.2, 0.25) is 0 Å². The van der Waals surface area contributed by atoms with Gasteiger partial charge in [-0.15, -0.1) is 0 Å². The molecule has 1 aromatic heterocycles. The Morgan fingerprint density at radius 1 is 1.12 bits per heavy atom. The van der Waals surface area contributed by atoms with Crippen LogP contribution in [0.2, 0.25) is 0 Å². The van der Waals surface area contributed by atoms with Gasteiger partial charge in [0, 0.05) is 23.0 Å². The van der Waals surface area contributed by atoms with Crippen LogP contribution in [-0.4, -0.2) is 17.6 Å². The minimum absolute atomic E-state index is 0.242. The summed E-state index contributed by atoms with van der Waals surface area (Å²) in [4.78, 5) is 15.6. The van der Waals surface area contributed by atoms with E-state index in [9.17, 15) is 9.18 Å². The van der Waals surface area contributed by atoms with Gasteiger partial charge in [-0.25, -0.2) is 9.18 Å². The molecule has 2 aromatic carbocycles. The number of urea groups is 1. The molecular formula is C20H22FN3O. The van der Waals surface area contributed by atoms with E-state index in [1.54, 1.807) is 12.1 Å². The zero-order valence-electron chi connectivity index (χ0n) is 14.4. The van der Waals surface area contributed by atoms with E-state index >= 15 is 0 Å². The summed E-state index contributed by atoms with van der Waals surface area (Å²) in [7, 11) is 0. The zero-order valence-corrected chi connectivity index (χ0v) is 14.4. The quantitative estimate of drug-likeness (QED) is 0.592. The average Bonchev–Trinajstić information content (AvgIpc) is 2.94. The van der Waals surface area contributed by atoms with Crippen molar-refractivity contribution >= 4 is 22.6 Å². The Bertz CT molecular complexity index is 868. The predicted octanol–water partition coefficient (Wildman–Crippen LogP) is 5.14. The van der Waals surface area contributed by atoms with Crippen molar-refractivity contribution < 1.29 is 9.18 Å². The molecule has 0 aliphatic rings. The number of hydrogen-bond acceptors (Lipinski definition) is 1. The first-order chi connectivity index (χ1) is 12.0. The van der Waals surface area contributed by atoms with Crippen molar-refractivity contribution in [3.63, 3.8) is 0 Å². The molecule has 1 heterocycles. The molecule has 0 fully saturated rings. The molecule has 0 bridgehead atoms. The highest BCUT2D eigenvalue weighted by molar-refractivity contribution is 6.07. The van der Waals surface area contributed by atoms with E-state index in [1.165, 1.54) is 12.1 Å². The Morgan fingerprint density at radius 3 is 2.56 bits per heavy atom. The number of nitrogens with one attached hydrogen (secondary N) is 3. The van der Waals surface area contributed by atoms with Crippen molar-refractivity contribution in [1.29, 1.82) is 0 Å². The van der Waals surface area contributed by atoms with Crippen molar-refractivity contribution in [2.24, 2.45) is 5.92 Å². The number of aromatic nitrogens is 1. The summed E-state index contributed by atoms with van der Waals surface area (Å²) in [5.74, 6) is 0.240. The molecular weight excluding hydrogens is 317 g/mol. The average molecular weight is 339 g/mol. The van der Waals surface area contributed by atoms with Crippen molar-refractivity contribution in [3.8, 4) is 11.3 Å². The topological polar surface area (TPSA) is 56.9 Å². The van der Waals surface area contributed by atoms with Gasteiger partial charge in [-0.3, -0.25) is 0 Å². The van der Waals surface area contributed by atoms with Gasteiger partial charge in [-0.1, -0.05) is 32.0 Å². The van der Waals surface area contributed by atoms with Crippen molar-refractivity contribution in [3.05, 3.63) is 54.3 Å². The molecule has 0 atom stereocenters. The molecule has 4 nitrogen and oxygen atoms in total. The van der Waals surface area contributed by atoms with E-state index in [-0.39, 0.29) is 11.8 Å². The summed E-state index contributed by atoms with van der Waals surface area (Å²) in [6.07, 6.45) is 0.923. The first-order valence-electron chi connectivity index (χ1n) is 8.46. The molecule has 130 valence electrons. The van der Waals surface area contributed by atoms with E-state index in [2.05, 4.69) is 29.5 Å². The van der Waals surface area contributed by atoms with E-state index in [0.29, 0.717) is 18.2 Å². The number of carbonyl (C=O) groups is 1. The van der Waals surface area contributed by atoms with Gasteiger partial charge in [0.15, 0.2) is 0 Å². The maximum absolute atomic E-state index is 13.2. The molecule has 3 rings (SSSR count). The molecule has 3 aromatic rings. The number of amides is 2. The third-order valence-electron chi connectivity index (χ3n) is 4.08. The minimum atomic E-state index is -0.291. The predicted molar refractivity (Wildman–Crippen MR) is 100 cm³/mol. The molecule has 0 aliphatic heterocycles. The number of para-hydroxylation sites is 1. The molecule has 0 radical (unpaired) electrons. The first-order valence-corrected chi connectivity index (χ1v) is 8.46. The number of aromatic amines is 1. The molecule has 25 heavy (non-hydrogen) atoms. The standard InChI is InChI=1S/C20H22FN3O/c1-13(2)11-12-22-20(25)24-19-16-5-3-4-6-17(16)23-18(19)14-7-9-15(21)10-8-14/h3-10,13,23H,11-12H2,1-2H3,(H2,22,24,25). The third-order valence-corrected chi connectivity index (χ3v) is 4.08. The van der Waals surface area contributed by atoms with Gasteiger partial charge in [-0.2, -0.15) is 0 Å². The van der Waals surface area contributed by atoms with Gasteiger partial charge < -0.3 is 15.6 Å². The number of benzene rings is 2. The smallest absolute Gasteiger partial charge is 0.319 e. The fourth-order valence-electron chi connectivity index (χ4n) is 2.74. The van der Waals surface area contributed by atoms with Crippen LogP contribution < -0.4 is 10.6 Å². The molecule has 0 saturated heterocycles. The lowest BCUT2D eigenvalue weighted by atomic mass is 10.1. The van der Waals surface area contributed by atoms with Gasteiger partial charge >= 0.3 is 6.03 Å². The second kappa shape index (κ2) is 7.38. The van der Waals surface area contributed by atoms with Crippen LogP contribution in [0.5, 0.6) is 0 Å². The summed E-state index contributed by atoms with van der Waals surface area (Å²) < 4.78 is 13.2. The van der Waals surface area contributed by atoms with E-state index < -0.39 is 0 Å². The number of H-pyrrole nitrogens is 1. The highest BCUT2D eigenvalue weighted by atomic mass is 19.1. The van der Waals surface area contributed by atoms with Gasteiger partial charge in [-0.05, 0) is 42.7 Å². The van der Waals surface area contributed by atoms with Crippen molar-refractivity contribution in [1.82, 2.24) is 10.3 Å². The maximum Gasteiger partial charge on any atom is 0.319 e. The highest BCUT2D eigenvalue weighted by Crippen LogP contribution is 2.34. The van der Waals surface area contributed by atoms with Gasteiger partial charge in [0.1, 0.15) is 5.82 Å². The van der Waals surface area contributed by atoms with Crippen LogP contribution in [0, 0.1) is 11.7 Å². The number of fused-ring (bicyclic) bond motifs is 1. The van der Waals surface area contributed by atoms with Crippen molar-refractivity contribution in [2.45, 2.75) is 20.3 Å². The van der Waals surface area contributed by atoms with Crippen LogP contribution in [0.4, 0.5) is 14.9 Å². The molecule has 0 aliphatic carbocycles. The molecule has 3 N–H and O–H groups in total. The normalized spacial score (nSPS) is 11.0. The van der Waals surface area contributed by atoms with E-state index in [4.69, 9.17) is 0 Å². The van der Waals surface area contributed by atoms with Crippen LogP contribution >= 0.6 is 0 Å². The Labute approximate surface area is 146 Å². The molecule has 2 amide bonds. The Hall–Kier alpha value is -2.82. The summed E-state index contributed by atoms with van der Waals surface area (Å²) in [5.41, 5.74) is 3.19. The molecule has 0 unspecified atom stereocenters. The SMILES string of the molecule is CC(C)CCNC(=O)Nc1c(-c2ccc(F)cc2)[nH]c2ccccc12. The number of carbonyl (C=O) groups excluding carboxylic acids is 1. The van der Waals surface area contributed by atoms with Crippen LogP contribution in [-0.2, 0) is 0 Å². The molecule has 0 saturated carbocycles. The zero-order chi connectivity index (χ0) is 17.8. The summed E-state index contributed by atoms with van der Waals surface area (Å²) in [6.45, 7) is 4.86. The fraction of sp³-hybridized carbons (Fsp3) is 0.250. The van der Waals surface area contributed by atoms with Gasteiger partial charge in [0.05, 0.1) is 11.4 Å². The maximum atomic E-state index is 13.2. The Morgan fingerprint density at radius 2 is 1.84 bits per heavy atom. The summed E-state index contributed by atoms with van der Waals surface area (Å²) in [5, 5.41) is 6.74. The minimum Gasteiger partial charge on any atom is -0.353 e. The molecule has 5 heteroatoms. The largest absolute Gasteiger partial charge is 0.353 e. The molecule has 0 spiro atoms. The second-order valence-corrected chi connectivity index (χ2v) is 6.49. The number of hydrogen-bond donors (Lipinski definition) is 3. The van der Waals surface area contributed by atoms with Crippen LogP contribution in [0.3, 0.4) is 0 Å². The number of rotatable bonds is 5. The fourth-order valence-corrected chi connectivity index (χ4v) is 2.74. The van der Waals surface area contributed by atoms with Crippen molar-refractivity contribution in [2.75, 3.05) is 11.9 Å². The Kier molecular flexibility index (Phi) is 5.03. The number of anilines is 1. The van der Waals surface area contributed by atoms with E-state index in [0.717, 1.165) is 28.6 Å². The van der Waals surface area contributed by atoms with Crippen LogP contribution in [0.25, 0.3) is 22.2 Å². The third kappa shape index (κ3) is 3.99. The number of halogens is 1. The second-order valence-electron chi connectivity index (χ2n) is 6.49.